The van der Waals surface area contributed by atoms with E-state index in [1.807, 2.05) is 18.4 Å². The fourth-order valence-corrected chi connectivity index (χ4v) is 3.35. The second kappa shape index (κ2) is 7.77. The van der Waals surface area contributed by atoms with Gasteiger partial charge in [-0.05, 0) is 51.4 Å². The van der Waals surface area contributed by atoms with Crippen molar-refractivity contribution in [1.29, 1.82) is 0 Å². The predicted octanol–water partition coefficient (Wildman–Crippen LogP) is 2.76. The molecule has 1 aliphatic heterocycles. The first-order chi connectivity index (χ1) is 10.9. The molecule has 1 aromatic heterocycles. The van der Waals surface area contributed by atoms with Crippen molar-refractivity contribution in [2.24, 2.45) is 0 Å². The monoisotopic (exact) mass is 302 g/mol. The molecular formula is C18H26N2O2. The third-order valence-corrected chi connectivity index (χ3v) is 4.64. The highest BCUT2D eigenvalue weighted by Crippen LogP contribution is 2.20. The number of nitrogens with zero attached hydrogens (tertiary/aromatic N) is 1. The molecule has 2 N–H and O–H groups in total. The van der Waals surface area contributed by atoms with Gasteiger partial charge in [0.25, 0.3) is 0 Å². The molecule has 1 aliphatic rings. The average Bonchev–Trinajstić information content (AvgIpc) is 3.17. The van der Waals surface area contributed by atoms with E-state index in [0.717, 1.165) is 38.2 Å². The second-order valence-corrected chi connectivity index (χ2v) is 6.16. The van der Waals surface area contributed by atoms with Crippen molar-refractivity contribution in [3.05, 3.63) is 36.1 Å². The molecule has 4 heteroatoms. The van der Waals surface area contributed by atoms with Gasteiger partial charge in [-0.1, -0.05) is 18.2 Å². The molecule has 1 atom stereocenters. The summed E-state index contributed by atoms with van der Waals surface area (Å²) in [6.07, 6.45) is 6.60. The summed E-state index contributed by atoms with van der Waals surface area (Å²) in [5.41, 5.74) is 2.19. The maximum absolute atomic E-state index is 9.31. The number of unbranched alkanes of at least 4 members (excludes halogenated alkanes) is 1. The molecule has 120 valence electrons. The average molecular weight is 302 g/mol. The summed E-state index contributed by atoms with van der Waals surface area (Å²) in [6, 6.07) is 8.58. The number of para-hydroxylation sites is 1. The summed E-state index contributed by atoms with van der Waals surface area (Å²) in [5, 5.41) is 14.0. The van der Waals surface area contributed by atoms with Crippen LogP contribution >= 0.6 is 0 Å². The summed E-state index contributed by atoms with van der Waals surface area (Å²) in [6.45, 7) is 4.46. The lowest BCUT2D eigenvalue weighted by molar-refractivity contribution is 0.157. The second-order valence-electron chi connectivity index (χ2n) is 6.16. The van der Waals surface area contributed by atoms with Crippen LogP contribution in [0.5, 0.6) is 0 Å². The fraction of sp³-hybridized carbons (Fsp3) is 0.556. The Kier molecular flexibility index (Phi) is 5.48. The van der Waals surface area contributed by atoms with Gasteiger partial charge in [0.15, 0.2) is 0 Å². The third kappa shape index (κ3) is 3.69. The van der Waals surface area contributed by atoms with Crippen LogP contribution in [-0.4, -0.2) is 42.3 Å². The summed E-state index contributed by atoms with van der Waals surface area (Å²) in [7, 11) is 0. The molecule has 2 aromatic rings. The molecule has 1 unspecified atom stereocenters. The van der Waals surface area contributed by atoms with Crippen LogP contribution in [0.4, 0.5) is 0 Å². The molecule has 0 aliphatic carbocycles. The van der Waals surface area contributed by atoms with E-state index in [1.54, 1.807) is 0 Å². The standard InChI is InChI=1S/C18H26N2O2/c21-13-16-6-5-11-20(16)10-4-3-9-19-12-15-14-22-18-8-2-1-7-17(15)18/h1-2,7-8,14,16,19,21H,3-6,9-13H2. The zero-order valence-electron chi connectivity index (χ0n) is 13.1. The van der Waals surface area contributed by atoms with Crippen molar-refractivity contribution in [2.75, 3.05) is 26.2 Å². The molecule has 0 saturated carbocycles. The lowest BCUT2D eigenvalue weighted by Gasteiger charge is -2.22. The maximum atomic E-state index is 9.31. The Labute approximate surface area is 132 Å². The van der Waals surface area contributed by atoms with Crippen LogP contribution in [0.1, 0.15) is 31.2 Å². The van der Waals surface area contributed by atoms with Crippen LogP contribution in [0.15, 0.2) is 34.9 Å². The van der Waals surface area contributed by atoms with Gasteiger partial charge in [-0.2, -0.15) is 0 Å². The number of benzene rings is 1. The van der Waals surface area contributed by atoms with E-state index in [0.29, 0.717) is 12.6 Å². The van der Waals surface area contributed by atoms with Crippen molar-refractivity contribution in [3.63, 3.8) is 0 Å². The van der Waals surface area contributed by atoms with Gasteiger partial charge >= 0.3 is 0 Å². The SMILES string of the molecule is OCC1CCCN1CCCCNCc1coc2ccccc12. The summed E-state index contributed by atoms with van der Waals surface area (Å²) < 4.78 is 5.55. The third-order valence-electron chi connectivity index (χ3n) is 4.64. The Morgan fingerprint density at radius 3 is 3.09 bits per heavy atom. The number of aliphatic hydroxyl groups excluding tert-OH is 1. The molecule has 0 bridgehead atoms. The molecule has 0 spiro atoms. The summed E-state index contributed by atoms with van der Waals surface area (Å²) in [5.74, 6) is 0. The number of hydrogen-bond acceptors (Lipinski definition) is 4. The number of aliphatic hydroxyl groups is 1. The van der Waals surface area contributed by atoms with Gasteiger partial charge in [-0.25, -0.2) is 0 Å². The van der Waals surface area contributed by atoms with E-state index >= 15 is 0 Å². The number of rotatable bonds is 8. The molecule has 3 rings (SSSR count). The molecule has 0 amide bonds. The Morgan fingerprint density at radius 2 is 2.18 bits per heavy atom. The fourth-order valence-electron chi connectivity index (χ4n) is 3.35. The topological polar surface area (TPSA) is 48.6 Å². The summed E-state index contributed by atoms with van der Waals surface area (Å²) >= 11 is 0. The first-order valence-corrected chi connectivity index (χ1v) is 8.39. The van der Waals surface area contributed by atoms with Gasteiger partial charge < -0.3 is 14.8 Å². The first-order valence-electron chi connectivity index (χ1n) is 8.39. The number of nitrogens with one attached hydrogen (secondary N) is 1. The number of hydrogen-bond donors (Lipinski definition) is 2. The van der Waals surface area contributed by atoms with E-state index in [1.165, 1.54) is 30.2 Å². The van der Waals surface area contributed by atoms with Crippen LogP contribution in [-0.2, 0) is 6.54 Å². The van der Waals surface area contributed by atoms with Crippen molar-refractivity contribution in [3.8, 4) is 0 Å². The predicted molar refractivity (Wildman–Crippen MR) is 88.8 cm³/mol. The molecular weight excluding hydrogens is 276 g/mol. The highest BCUT2D eigenvalue weighted by atomic mass is 16.3. The molecule has 1 aromatic carbocycles. The van der Waals surface area contributed by atoms with Crippen molar-refractivity contribution >= 4 is 11.0 Å². The number of likely N-dealkylation sites (tertiary alicyclic amines) is 1. The van der Waals surface area contributed by atoms with Crippen molar-refractivity contribution < 1.29 is 9.52 Å². The Hall–Kier alpha value is -1.36. The Morgan fingerprint density at radius 1 is 1.27 bits per heavy atom. The van der Waals surface area contributed by atoms with E-state index in [2.05, 4.69) is 22.3 Å². The zero-order valence-corrected chi connectivity index (χ0v) is 13.1. The molecule has 4 nitrogen and oxygen atoms in total. The van der Waals surface area contributed by atoms with E-state index < -0.39 is 0 Å². The minimum absolute atomic E-state index is 0.311. The van der Waals surface area contributed by atoms with E-state index in [-0.39, 0.29) is 0 Å². The van der Waals surface area contributed by atoms with Crippen LogP contribution < -0.4 is 5.32 Å². The Balaban J connectivity index is 1.34. The Bertz CT molecular complexity index is 581. The maximum Gasteiger partial charge on any atom is 0.134 e. The van der Waals surface area contributed by atoms with Crippen LogP contribution in [0.2, 0.25) is 0 Å². The van der Waals surface area contributed by atoms with Crippen LogP contribution in [0.3, 0.4) is 0 Å². The highest BCUT2D eigenvalue weighted by Gasteiger charge is 2.22. The molecule has 22 heavy (non-hydrogen) atoms. The van der Waals surface area contributed by atoms with Gasteiger partial charge in [-0.3, -0.25) is 4.90 Å². The quantitative estimate of drug-likeness (QED) is 0.736. The van der Waals surface area contributed by atoms with Gasteiger partial charge in [0, 0.05) is 23.5 Å². The normalized spacial score (nSPS) is 19.2. The van der Waals surface area contributed by atoms with Gasteiger partial charge in [0.1, 0.15) is 5.58 Å². The lowest BCUT2D eigenvalue weighted by atomic mass is 10.2. The first kappa shape index (κ1) is 15.5. The zero-order chi connectivity index (χ0) is 15.2. The largest absolute Gasteiger partial charge is 0.464 e. The van der Waals surface area contributed by atoms with Crippen molar-refractivity contribution in [1.82, 2.24) is 10.2 Å². The van der Waals surface area contributed by atoms with Gasteiger partial charge in [0.05, 0.1) is 12.9 Å². The smallest absolute Gasteiger partial charge is 0.134 e. The van der Waals surface area contributed by atoms with Crippen LogP contribution in [0, 0.1) is 0 Å². The lowest BCUT2D eigenvalue weighted by Crippen LogP contribution is -2.33. The van der Waals surface area contributed by atoms with Crippen molar-refractivity contribution in [2.45, 2.75) is 38.3 Å². The molecule has 2 heterocycles. The van der Waals surface area contributed by atoms with Gasteiger partial charge in [0.2, 0.25) is 0 Å². The summed E-state index contributed by atoms with van der Waals surface area (Å²) in [4.78, 5) is 2.43. The minimum Gasteiger partial charge on any atom is -0.464 e. The number of fused-ring (bicyclic) bond motifs is 1. The molecule has 1 fully saturated rings. The molecule has 0 radical (unpaired) electrons. The number of furan rings is 1. The van der Waals surface area contributed by atoms with E-state index in [4.69, 9.17) is 4.42 Å². The minimum atomic E-state index is 0.311. The molecule has 1 saturated heterocycles. The van der Waals surface area contributed by atoms with Crippen LogP contribution in [0.25, 0.3) is 11.0 Å². The van der Waals surface area contributed by atoms with E-state index in [9.17, 15) is 5.11 Å². The highest BCUT2D eigenvalue weighted by molar-refractivity contribution is 5.80. The van der Waals surface area contributed by atoms with Gasteiger partial charge in [-0.15, -0.1) is 0 Å².